The van der Waals surface area contributed by atoms with Gasteiger partial charge in [0.1, 0.15) is 11.6 Å². The number of fused-ring (bicyclic) bond motifs is 3. The summed E-state index contributed by atoms with van der Waals surface area (Å²) in [7, 11) is 0. The van der Waals surface area contributed by atoms with Crippen LogP contribution in [0.15, 0.2) is 47.5 Å². The first-order valence-corrected chi connectivity index (χ1v) is 8.79. The molecule has 0 saturated carbocycles. The molecule has 0 atom stereocenters. The van der Waals surface area contributed by atoms with Crippen molar-refractivity contribution in [1.82, 2.24) is 9.55 Å². The molecule has 1 aromatic heterocycles. The molecule has 3 aromatic rings. The van der Waals surface area contributed by atoms with E-state index in [0.29, 0.717) is 33.5 Å². The summed E-state index contributed by atoms with van der Waals surface area (Å²) in [6.07, 6.45) is 0. The highest BCUT2D eigenvalue weighted by Crippen LogP contribution is 2.32. The summed E-state index contributed by atoms with van der Waals surface area (Å²) in [5.41, 5.74) is 3.15. The fourth-order valence-corrected chi connectivity index (χ4v) is 3.50. The largest absolute Gasteiger partial charge is 0.309 e. The van der Waals surface area contributed by atoms with Crippen LogP contribution in [0, 0.1) is 12.7 Å². The SMILES string of the molecule is CC(=O)Nc1nc(C)n2c1CN=C(c1ccccc1F)c1cc(Cl)ccc1-2. The lowest BCUT2D eigenvalue weighted by Crippen LogP contribution is -2.10. The van der Waals surface area contributed by atoms with Crippen molar-refractivity contribution >= 4 is 29.0 Å². The Labute approximate surface area is 160 Å². The van der Waals surface area contributed by atoms with Gasteiger partial charge in [-0.15, -0.1) is 0 Å². The highest BCUT2D eigenvalue weighted by molar-refractivity contribution is 6.31. The number of halogens is 2. The summed E-state index contributed by atoms with van der Waals surface area (Å²) >= 11 is 6.23. The second-order valence-electron chi connectivity index (χ2n) is 6.28. The van der Waals surface area contributed by atoms with E-state index in [1.54, 1.807) is 30.3 Å². The minimum atomic E-state index is -0.356. The Hall–Kier alpha value is -2.99. The van der Waals surface area contributed by atoms with E-state index in [1.807, 2.05) is 17.6 Å². The van der Waals surface area contributed by atoms with Gasteiger partial charge < -0.3 is 5.32 Å². The molecular formula is C20H16ClFN4O. The molecule has 0 unspecified atom stereocenters. The van der Waals surface area contributed by atoms with Crippen molar-refractivity contribution in [3.05, 3.63) is 75.9 Å². The van der Waals surface area contributed by atoms with Gasteiger partial charge in [0, 0.05) is 23.1 Å². The highest BCUT2D eigenvalue weighted by Gasteiger charge is 2.25. The first-order chi connectivity index (χ1) is 13.0. The number of carbonyl (C=O) groups is 1. The Kier molecular flexibility index (Phi) is 4.28. The number of nitrogens with zero attached hydrogens (tertiary/aromatic N) is 3. The van der Waals surface area contributed by atoms with Gasteiger partial charge >= 0.3 is 0 Å². The summed E-state index contributed by atoms with van der Waals surface area (Å²) in [4.78, 5) is 20.7. The lowest BCUT2D eigenvalue weighted by Gasteiger charge is -2.14. The van der Waals surface area contributed by atoms with E-state index < -0.39 is 0 Å². The van der Waals surface area contributed by atoms with Crippen molar-refractivity contribution in [2.75, 3.05) is 5.32 Å². The molecule has 1 N–H and O–H groups in total. The van der Waals surface area contributed by atoms with Crippen molar-refractivity contribution in [3.63, 3.8) is 0 Å². The van der Waals surface area contributed by atoms with E-state index in [0.717, 1.165) is 11.4 Å². The molecular weight excluding hydrogens is 367 g/mol. The molecule has 0 spiro atoms. The standard InChI is InChI=1S/C20H16ClFN4O/c1-11-24-20(25-12(2)27)18-10-23-19(14-5-3-4-6-16(14)22)15-9-13(21)7-8-17(15)26(11)18/h3-9H,10H2,1-2H3,(H,25,27). The quantitative estimate of drug-likeness (QED) is 0.719. The molecule has 0 saturated heterocycles. The van der Waals surface area contributed by atoms with Crippen LogP contribution in [-0.4, -0.2) is 21.2 Å². The van der Waals surface area contributed by atoms with Gasteiger partial charge in [0.25, 0.3) is 0 Å². The number of nitrogens with one attached hydrogen (secondary N) is 1. The minimum absolute atomic E-state index is 0.213. The Morgan fingerprint density at radius 3 is 2.74 bits per heavy atom. The fraction of sp³-hybridized carbons (Fsp3) is 0.150. The third-order valence-electron chi connectivity index (χ3n) is 4.41. The van der Waals surface area contributed by atoms with E-state index in [4.69, 9.17) is 11.6 Å². The zero-order chi connectivity index (χ0) is 19.1. The number of benzene rings is 2. The number of amides is 1. The number of rotatable bonds is 2. The topological polar surface area (TPSA) is 59.3 Å². The van der Waals surface area contributed by atoms with Crippen LogP contribution in [-0.2, 0) is 11.3 Å². The number of anilines is 1. The van der Waals surface area contributed by atoms with Gasteiger partial charge in [-0.1, -0.05) is 23.7 Å². The molecule has 7 heteroatoms. The average molecular weight is 383 g/mol. The van der Waals surface area contributed by atoms with Gasteiger partial charge in [-0.05, 0) is 37.3 Å². The summed E-state index contributed by atoms with van der Waals surface area (Å²) < 4.78 is 16.4. The van der Waals surface area contributed by atoms with Crippen LogP contribution in [0.2, 0.25) is 5.02 Å². The highest BCUT2D eigenvalue weighted by atomic mass is 35.5. The molecule has 4 rings (SSSR count). The predicted octanol–water partition coefficient (Wildman–Crippen LogP) is 4.28. The van der Waals surface area contributed by atoms with Crippen molar-refractivity contribution in [2.45, 2.75) is 20.4 Å². The normalized spacial score (nSPS) is 12.7. The Balaban J connectivity index is 1.99. The van der Waals surface area contributed by atoms with E-state index in [2.05, 4.69) is 15.3 Å². The zero-order valence-electron chi connectivity index (χ0n) is 14.8. The average Bonchev–Trinajstić information content (AvgIpc) is 2.82. The van der Waals surface area contributed by atoms with Crippen LogP contribution in [0.5, 0.6) is 0 Å². The molecule has 1 aliphatic heterocycles. The summed E-state index contributed by atoms with van der Waals surface area (Å²) in [5, 5.41) is 3.28. The molecule has 0 bridgehead atoms. The Bertz CT molecular complexity index is 1100. The summed E-state index contributed by atoms with van der Waals surface area (Å²) in [6, 6.07) is 11.9. The molecule has 136 valence electrons. The number of carbonyl (C=O) groups excluding carboxylic acids is 1. The molecule has 1 aliphatic rings. The maximum Gasteiger partial charge on any atom is 0.222 e. The van der Waals surface area contributed by atoms with E-state index in [1.165, 1.54) is 13.0 Å². The maximum absolute atomic E-state index is 14.5. The summed E-state index contributed by atoms with van der Waals surface area (Å²) in [6.45, 7) is 3.52. The van der Waals surface area contributed by atoms with Crippen LogP contribution < -0.4 is 5.32 Å². The van der Waals surface area contributed by atoms with Crippen molar-refractivity contribution in [2.24, 2.45) is 4.99 Å². The predicted molar refractivity (Wildman–Crippen MR) is 103 cm³/mol. The second kappa shape index (κ2) is 6.63. The number of imidazole rings is 1. The molecule has 27 heavy (non-hydrogen) atoms. The molecule has 0 aliphatic carbocycles. The molecule has 0 radical (unpaired) electrons. The third-order valence-corrected chi connectivity index (χ3v) is 4.64. The van der Waals surface area contributed by atoms with Crippen LogP contribution in [0.25, 0.3) is 5.69 Å². The first kappa shape index (κ1) is 17.4. The fourth-order valence-electron chi connectivity index (χ4n) is 3.33. The Morgan fingerprint density at radius 2 is 2.00 bits per heavy atom. The molecule has 5 nitrogen and oxygen atoms in total. The molecule has 1 amide bonds. The van der Waals surface area contributed by atoms with Gasteiger partial charge in [-0.3, -0.25) is 14.4 Å². The molecule has 2 aromatic carbocycles. The Morgan fingerprint density at radius 1 is 1.22 bits per heavy atom. The minimum Gasteiger partial charge on any atom is -0.309 e. The smallest absolute Gasteiger partial charge is 0.222 e. The second-order valence-corrected chi connectivity index (χ2v) is 6.71. The molecule has 0 fully saturated rings. The van der Waals surface area contributed by atoms with Gasteiger partial charge in [0.2, 0.25) is 5.91 Å². The van der Waals surface area contributed by atoms with Gasteiger partial charge in [-0.25, -0.2) is 9.37 Å². The summed E-state index contributed by atoms with van der Waals surface area (Å²) in [5.74, 6) is 0.585. The van der Waals surface area contributed by atoms with Crippen molar-refractivity contribution in [3.8, 4) is 5.69 Å². The van der Waals surface area contributed by atoms with Crippen LogP contribution in [0.3, 0.4) is 0 Å². The van der Waals surface area contributed by atoms with E-state index >= 15 is 0 Å². The number of aliphatic imine (C=N–C) groups is 1. The molecule has 2 heterocycles. The number of aryl methyl sites for hydroxylation is 1. The van der Waals surface area contributed by atoms with Crippen molar-refractivity contribution < 1.29 is 9.18 Å². The first-order valence-electron chi connectivity index (χ1n) is 8.41. The number of hydrogen-bond donors (Lipinski definition) is 1. The van der Waals surface area contributed by atoms with Crippen molar-refractivity contribution in [1.29, 1.82) is 0 Å². The van der Waals surface area contributed by atoms with Gasteiger partial charge in [-0.2, -0.15) is 0 Å². The number of hydrogen-bond acceptors (Lipinski definition) is 3. The van der Waals surface area contributed by atoms with Gasteiger partial charge in [0.15, 0.2) is 5.82 Å². The maximum atomic E-state index is 14.5. The van der Waals surface area contributed by atoms with E-state index in [-0.39, 0.29) is 18.3 Å². The lowest BCUT2D eigenvalue weighted by molar-refractivity contribution is -0.114. The third kappa shape index (κ3) is 3.02. The number of aromatic nitrogens is 2. The van der Waals surface area contributed by atoms with Gasteiger partial charge in [0.05, 0.1) is 23.6 Å². The van der Waals surface area contributed by atoms with E-state index in [9.17, 15) is 9.18 Å². The zero-order valence-corrected chi connectivity index (χ0v) is 15.5. The van der Waals surface area contributed by atoms with Crippen LogP contribution in [0.1, 0.15) is 29.6 Å². The monoisotopic (exact) mass is 382 g/mol. The van der Waals surface area contributed by atoms with Crippen LogP contribution in [0.4, 0.5) is 10.2 Å². The lowest BCUT2D eigenvalue weighted by atomic mass is 10.00. The van der Waals surface area contributed by atoms with Crippen LogP contribution >= 0.6 is 11.6 Å².